The van der Waals surface area contributed by atoms with Crippen molar-refractivity contribution >= 4 is 21.8 Å². The summed E-state index contributed by atoms with van der Waals surface area (Å²) in [6, 6.07) is 92.2. The molecule has 1 aliphatic rings. The molecular weight excluding hydrogens is 847 g/mol. The highest BCUT2D eigenvalue weighted by molar-refractivity contribution is 6.10. The average Bonchev–Trinajstić information content (AvgIpc) is 3.68. The van der Waals surface area contributed by atoms with Gasteiger partial charge in [0.2, 0.25) is 0 Å². The summed E-state index contributed by atoms with van der Waals surface area (Å²) in [4.78, 5) is 10.4. The van der Waals surface area contributed by atoms with Crippen LogP contribution in [0.1, 0.15) is 29.0 Å². The molecule has 0 radical (unpaired) electrons. The summed E-state index contributed by atoms with van der Waals surface area (Å²) in [6.45, 7) is 0. The maximum absolute atomic E-state index is 5.23. The lowest BCUT2D eigenvalue weighted by atomic mass is 9.86. The molecule has 0 aliphatic heterocycles. The van der Waals surface area contributed by atoms with Crippen LogP contribution in [0.5, 0.6) is 0 Å². The first-order valence-corrected chi connectivity index (χ1v) is 24.3. The first-order valence-electron chi connectivity index (χ1n) is 24.3. The molecule has 3 nitrogen and oxygen atoms in total. The highest BCUT2D eigenvalue weighted by Crippen LogP contribution is 2.43. The van der Waals surface area contributed by atoms with Crippen molar-refractivity contribution in [2.24, 2.45) is 0 Å². The number of benzene rings is 10. The Labute approximate surface area is 408 Å². The van der Waals surface area contributed by atoms with E-state index in [2.05, 4.69) is 253 Å². The van der Waals surface area contributed by atoms with E-state index >= 15 is 0 Å². The normalized spacial score (nSPS) is 13.2. The quantitative estimate of drug-likeness (QED) is 0.152. The Morgan fingerprint density at radius 1 is 0.343 bits per heavy atom. The molecule has 10 aromatic carbocycles. The van der Waals surface area contributed by atoms with Gasteiger partial charge in [0.25, 0.3) is 0 Å². The van der Waals surface area contributed by atoms with Gasteiger partial charge >= 0.3 is 0 Å². The van der Waals surface area contributed by atoms with E-state index in [1.165, 1.54) is 71.9 Å². The fourth-order valence-electron chi connectivity index (χ4n) is 10.8. The van der Waals surface area contributed by atoms with Crippen LogP contribution in [-0.2, 0) is 6.42 Å². The van der Waals surface area contributed by atoms with E-state index < -0.39 is 0 Å². The minimum absolute atomic E-state index is 0.366. The van der Waals surface area contributed by atoms with Gasteiger partial charge in [0.05, 0.1) is 22.4 Å². The van der Waals surface area contributed by atoms with Gasteiger partial charge < -0.3 is 4.57 Å². The van der Waals surface area contributed by atoms with E-state index in [4.69, 9.17) is 9.97 Å². The fourth-order valence-corrected chi connectivity index (χ4v) is 10.8. The van der Waals surface area contributed by atoms with Crippen molar-refractivity contribution in [1.29, 1.82) is 0 Å². The van der Waals surface area contributed by atoms with E-state index in [0.29, 0.717) is 11.7 Å². The second-order valence-electron chi connectivity index (χ2n) is 18.4. The number of aromatic nitrogens is 3. The molecule has 0 saturated heterocycles. The highest BCUT2D eigenvalue weighted by Gasteiger charge is 2.24. The smallest absolute Gasteiger partial charge is 0.160 e. The van der Waals surface area contributed by atoms with Gasteiger partial charge in [-0.15, -0.1) is 0 Å². The average molecular weight is 894 g/mol. The van der Waals surface area contributed by atoms with E-state index in [1.54, 1.807) is 0 Å². The van der Waals surface area contributed by atoms with Gasteiger partial charge in [-0.25, -0.2) is 9.97 Å². The number of aryl methyl sites for hydroxylation is 1. The third-order valence-electron chi connectivity index (χ3n) is 14.3. The summed E-state index contributed by atoms with van der Waals surface area (Å²) in [5.74, 6) is 1.06. The van der Waals surface area contributed by atoms with Crippen molar-refractivity contribution < 1.29 is 0 Å². The van der Waals surface area contributed by atoms with Crippen LogP contribution in [-0.4, -0.2) is 14.5 Å². The molecule has 2 aromatic heterocycles. The van der Waals surface area contributed by atoms with Gasteiger partial charge in [-0.05, 0) is 117 Å². The molecule has 1 unspecified atom stereocenters. The molecular formula is C67H47N3. The van der Waals surface area contributed by atoms with Gasteiger partial charge in [-0.3, -0.25) is 0 Å². The van der Waals surface area contributed by atoms with E-state index in [-0.39, 0.29) is 0 Å². The van der Waals surface area contributed by atoms with Crippen LogP contribution in [0.3, 0.4) is 0 Å². The number of fused-ring (bicyclic) bond motifs is 6. The molecule has 70 heavy (non-hydrogen) atoms. The van der Waals surface area contributed by atoms with Crippen molar-refractivity contribution in [3.63, 3.8) is 0 Å². The Kier molecular flexibility index (Phi) is 10.4. The third kappa shape index (κ3) is 7.59. The zero-order chi connectivity index (χ0) is 46.4. The Morgan fingerprint density at radius 2 is 0.886 bits per heavy atom. The summed E-state index contributed by atoms with van der Waals surface area (Å²) in [7, 11) is 0. The van der Waals surface area contributed by atoms with Gasteiger partial charge in [-0.2, -0.15) is 0 Å². The molecule has 0 bridgehead atoms. The summed E-state index contributed by atoms with van der Waals surface area (Å²) < 4.78 is 2.43. The van der Waals surface area contributed by atoms with Gasteiger partial charge in [0, 0.05) is 39.1 Å². The fraction of sp³-hybridized carbons (Fsp3) is 0.0448. The third-order valence-corrected chi connectivity index (χ3v) is 14.3. The van der Waals surface area contributed by atoms with Gasteiger partial charge in [0.1, 0.15) is 0 Å². The van der Waals surface area contributed by atoms with E-state index in [9.17, 15) is 0 Å². The maximum Gasteiger partial charge on any atom is 0.160 e. The summed E-state index contributed by atoms with van der Waals surface area (Å²) in [5, 5.41) is 2.43. The van der Waals surface area contributed by atoms with Crippen molar-refractivity contribution in [3.8, 4) is 84.1 Å². The lowest BCUT2D eigenvalue weighted by Crippen LogP contribution is -2.01. The van der Waals surface area contributed by atoms with E-state index in [0.717, 1.165) is 57.7 Å². The number of para-hydroxylation sites is 1. The first-order chi connectivity index (χ1) is 34.7. The SMILES string of the molecule is c1ccc(-c2ccc(-c3cc(-c4ccccc4)nc(-c4cccc(-c5ccc6c(c5)c5ccccc5n6-c5cccc(-c6ccc7c(c6)CCC(c6ccccc6)c6ccccc6-7)c5)c4)n3)cc2)cc1. The van der Waals surface area contributed by atoms with Crippen molar-refractivity contribution in [2.75, 3.05) is 0 Å². The lowest BCUT2D eigenvalue weighted by Gasteiger charge is -2.18. The largest absolute Gasteiger partial charge is 0.309 e. The van der Waals surface area contributed by atoms with Gasteiger partial charge in [0.15, 0.2) is 5.82 Å². The van der Waals surface area contributed by atoms with Crippen LogP contribution in [0, 0.1) is 0 Å². The molecule has 1 aliphatic carbocycles. The van der Waals surface area contributed by atoms with Crippen LogP contribution in [0.2, 0.25) is 0 Å². The van der Waals surface area contributed by atoms with Crippen LogP contribution in [0.25, 0.3) is 106 Å². The Morgan fingerprint density at radius 3 is 1.69 bits per heavy atom. The molecule has 0 spiro atoms. The highest BCUT2D eigenvalue weighted by atomic mass is 15.0. The molecule has 0 saturated carbocycles. The zero-order valence-electron chi connectivity index (χ0n) is 38.6. The monoisotopic (exact) mass is 893 g/mol. The molecule has 0 fully saturated rings. The summed E-state index contributed by atoms with van der Waals surface area (Å²) in [6.07, 6.45) is 2.10. The van der Waals surface area contributed by atoms with Crippen molar-refractivity contribution in [1.82, 2.24) is 14.5 Å². The predicted octanol–water partition coefficient (Wildman–Crippen LogP) is 17.3. The summed E-state index contributed by atoms with van der Waals surface area (Å²) in [5.41, 5.74) is 22.3. The molecule has 12 aromatic rings. The minimum atomic E-state index is 0.366. The van der Waals surface area contributed by atoms with Gasteiger partial charge in [-0.1, -0.05) is 212 Å². The summed E-state index contributed by atoms with van der Waals surface area (Å²) >= 11 is 0. The minimum Gasteiger partial charge on any atom is -0.309 e. The molecule has 2 heterocycles. The lowest BCUT2D eigenvalue weighted by molar-refractivity contribution is 0.726. The molecule has 13 rings (SSSR count). The number of hydrogen-bond donors (Lipinski definition) is 0. The number of nitrogens with zero attached hydrogens (tertiary/aromatic N) is 3. The van der Waals surface area contributed by atoms with Crippen molar-refractivity contribution in [2.45, 2.75) is 18.8 Å². The zero-order valence-corrected chi connectivity index (χ0v) is 38.6. The standard InChI is InChI=1S/C67H47N3/c1-4-16-45(17-5-1)46-30-32-49(33-31-46)64-44-63(48-20-8-3-9-21-48)68-67(69-64)55-24-14-22-50(41-55)53-36-39-66-62(43-53)61-28-12-13-29-65(61)70(66)56-25-15-23-51(42-56)52-34-37-58-54(40-52)35-38-57(47-18-6-2-7-19-47)59-26-10-11-27-60(58)59/h1-34,36-37,39-44,57H,35,38H2. The predicted molar refractivity (Wildman–Crippen MR) is 291 cm³/mol. The Hall–Kier alpha value is -8.92. The number of hydrogen-bond acceptors (Lipinski definition) is 2. The molecule has 0 N–H and O–H groups in total. The second kappa shape index (κ2) is 17.6. The Bertz CT molecular complexity index is 3870. The topological polar surface area (TPSA) is 30.7 Å². The van der Waals surface area contributed by atoms with Crippen LogP contribution in [0.4, 0.5) is 0 Å². The van der Waals surface area contributed by atoms with Crippen LogP contribution < -0.4 is 0 Å². The molecule has 330 valence electrons. The maximum atomic E-state index is 5.23. The number of rotatable bonds is 8. The molecule has 0 amide bonds. The van der Waals surface area contributed by atoms with Crippen molar-refractivity contribution in [3.05, 3.63) is 271 Å². The first kappa shape index (κ1) is 41.3. The molecule has 3 heteroatoms. The Balaban J connectivity index is 0.852. The second-order valence-corrected chi connectivity index (χ2v) is 18.4. The van der Waals surface area contributed by atoms with E-state index in [1.807, 2.05) is 6.07 Å². The molecule has 1 atom stereocenters. The van der Waals surface area contributed by atoms with Crippen LogP contribution >= 0.6 is 0 Å². The van der Waals surface area contributed by atoms with Crippen LogP contribution in [0.15, 0.2) is 255 Å².